The van der Waals surface area contributed by atoms with Crippen LogP contribution >= 0.6 is 15.9 Å². The van der Waals surface area contributed by atoms with Gasteiger partial charge in [-0.3, -0.25) is 4.72 Å². The fourth-order valence-electron chi connectivity index (χ4n) is 5.29. The van der Waals surface area contributed by atoms with E-state index in [1.807, 2.05) is 54.6 Å². The highest BCUT2D eigenvalue weighted by atomic mass is 79.9. The van der Waals surface area contributed by atoms with E-state index >= 15 is 0 Å². The molecule has 6 heteroatoms. The molecule has 1 aliphatic heterocycles. The van der Waals surface area contributed by atoms with E-state index in [-0.39, 0.29) is 16.9 Å². The Bertz CT molecular complexity index is 1540. The Hall–Kier alpha value is -3.09. The summed E-state index contributed by atoms with van der Waals surface area (Å²) in [4.78, 5) is 0.277. The first-order chi connectivity index (χ1) is 16.5. The zero-order valence-electron chi connectivity index (χ0n) is 18.3. The number of fused-ring (bicyclic) bond motifs is 4. The van der Waals surface area contributed by atoms with E-state index in [0.29, 0.717) is 11.6 Å². The molecule has 0 bridgehead atoms. The van der Waals surface area contributed by atoms with Crippen LogP contribution in [0.25, 0.3) is 10.8 Å². The average Bonchev–Trinajstić information content (AvgIpc) is 3.34. The van der Waals surface area contributed by atoms with Crippen LogP contribution in [0.3, 0.4) is 0 Å². The lowest BCUT2D eigenvalue weighted by Gasteiger charge is -2.38. The number of anilines is 2. The highest BCUT2D eigenvalue weighted by molar-refractivity contribution is 9.10. The molecule has 2 N–H and O–H groups in total. The van der Waals surface area contributed by atoms with E-state index in [0.717, 1.165) is 32.9 Å². The summed E-state index contributed by atoms with van der Waals surface area (Å²) in [7, 11) is -3.75. The van der Waals surface area contributed by atoms with Gasteiger partial charge in [0.25, 0.3) is 10.0 Å². The van der Waals surface area contributed by atoms with Crippen molar-refractivity contribution in [1.82, 2.24) is 0 Å². The minimum atomic E-state index is -3.75. The lowest BCUT2D eigenvalue weighted by molar-refractivity contribution is 0.424. The first kappa shape index (κ1) is 21.4. The van der Waals surface area contributed by atoms with Gasteiger partial charge in [-0.2, -0.15) is 0 Å². The van der Waals surface area contributed by atoms with Crippen molar-refractivity contribution in [2.24, 2.45) is 5.92 Å². The molecule has 0 saturated heterocycles. The van der Waals surface area contributed by atoms with Gasteiger partial charge in [0, 0.05) is 21.5 Å². The Morgan fingerprint density at radius 2 is 1.68 bits per heavy atom. The molecule has 1 aliphatic carbocycles. The molecule has 4 aromatic rings. The van der Waals surface area contributed by atoms with E-state index in [2.05, 4.69) is 56.3 Å². The summed E-state index contributed by atoms with van der Waals surface area (Å²) in [5.74, 6) is 0.497. The first-order valence-electron chi connectivity index (χ1n) is 11.3. The van der Waals surface area contributed by atoms with Crippen LogP contribution in [-0.4, -0.2) is 8.42 Å². The molecule has 2 aliphatic rings. The molecular formula is C28H23BrN2O2S. The fourth-order valence-corrected chi connectivity index (χ4v) is 6.94. The fraction of sp³-hybridized carbons (Fsp3) is 0.143. The number of hydrogen-bond donors (Lipinski definition) is 2. The molecule has 170 valence electrons. The van der Waals surface area contributed by atoms with Gasteiger partial charge in [-0.25, -0.2) is 8.42 Å². The van der Waals surface area contributed by atoms with Crippen LogP contribution in [0.1, 0.15) is 29.5 Å². The van der Waals surface area contributed by atoms with Gasteiger partial charge >= 0.3 is 0 Å². The van der Waals surface area contributed by atoms with Gasteiger partial charge in [0.15, 0.2) is 0 Å². The molecule has 4 nitrogen and oxygen atoms in total. The molecule has 0 aromatic heterocycles. The summed E-state index contributed by atoms with van der Waals surface area (Å²) in [6, 6.07) is 27.3. The third-order valence-electron chi connectivity index (χ3n) is 6.92. The van der Waals surface area contributed by atoms with Gasteiger partial charge in [-0.1, -0.05) is 82.7 Å². The summed E-state index contributed by atoms with van der Waals surface area (Å²) in [5.41, 5.74) is 3.82. The zero-order valence-corrected chi connectivity index (χ0v) is 20.7. The molecular weight excluding hydrogens is 508 g/mol. The molecule has 2 unspecified atom stereocenters. The van der Waals surface area contributed by atoms with Crippen LogP contribution in [0.15, 0.2) is 106 Å². The summed E-state index contributed by atoms with van der Waals surface area (Å²) < 4.78 is 30.7. The van der Waals surface area contributed by atoms with Crippen LogP contribution in [-0.2, 0) is 10.0 Å². The van der Waals surface area contributed by atoms with Crippen molar-refractivity contribution in [2.45, 2.75) is 23.3 Å². The molecule has 34 heavy (non-hydrogen) atoms. The zero-order chi connectivity index (χ0) is 23.3. The Morgan fingerprint density at radius 3 is 2.56 bits per heavy atom. The summed E-state index contributed by atoms with van der Waals surface area (Å²) in [6.45, 7) is 0. The highest BCUT2D eigenvalue weighted by Crippen LogP contribution is 2.51. The standard InChI is InChI=1S/C28H23BrN2O2S/c29-25-13-4-3-10-23(25)28-22-12-6-11-21(22)24-17-19(15-16-26(24)30-28)34(32,33)31-27-14-5-8-18-7-1-2-9-20(18)27/h1-11,13-17,21-22,28,30-31H,12H2/t21?,22?,28-/m0/s1. The highest BCUT2D eigenvalue weighted by Gasteiger charge is 2.39. The normalized spacial score (nSPS) is 21.0. The molecule has 1 heterocycles. The van der Waals surface area contributed by atoms with Crippen molar-refractivity contribution >= 4 is 48.1 Å². The minimum absolute atomic E-state index is 0.152. The van der Waals surface area contributed by atoms with Crippen molar-refractivity contribution in [2.75, 3.05) is 10.0 Å². The minimum Gasteiger partial charge on any atom is -0.378 e. The van der Waals surface area contributed by atoms with Gasteiger partial charge < -0.3 is 5.32 Å². The Morgan fingerprint density at radius 1 is 0.882 bits per heavy atom. The molecule has 0 spiro atoms. The third kappa shape index (κ3) is 3.62. The van der Waals surface area contributed by atoms with Crippen molar-refractivity contribution < 1.29 is 8.42 Å². The molecule has 4 aromatic carbocycles. The average molecular weight is 531 g/mol. The lowest BCUT2D eigenvalue weighted by atomic mass is 9.77. The molecule has 0 fully saturated rings. The Balaban J connectivity index is 1.37. The number of halogens is 1. The van der Waals surface area contributed by atoms with E-state index in [1.54, 1.807) is 12.1 Å². The maximum atomic E-state index is 13.4. The quantitative estimate of drug-likeness (QED) is 0.273. The molecule has 0 amide bonds. The summed E-state index contributed by atoms with van der Waals surface area (Å²) in [5, 5.41) is 5.57. The van der Waals surface area contributed by atoms with Crippen molar-refractivity contribution in [3.05, 3.63) is 113 Å². The lowest BCUT2D eigenvalue weighted by Crippen LogP contribution is -2.29. The monoisotopic (exact) mass is 530 g/mol. The van der Waals surface area contributed by atoms with Gasteiger partial charge in [0.05, 0.1) is 16.6 Å². The van der Waals surface area contributed by atoms with Crippen molar-refractivity contribution in [3.8, 4) is 0 Å². The van der Waals surface area contributed by atoms with E-state index < -0.39 is 10.0 Å². The van der Waals surface area contributed by atoms with Gasteiger partial charge in [-0.05, 0) is 59.2 Å². The second-order valence-electron chi connectivity index (χ2n) is 8.88. The SMILES string of the molecule is O=S(=O)(Nc1cccc2ccccc12)c1ccc2c(c1)C1C=CCC1[C@@H](c1ccccc1Br)N2. The second-order valence-corrected chi connectivity index (χ2v) is 11.4. The number of nitrogens with one attached hydrogen (secondary N) is 2. The van der Waals surface area contributed by atoms with Gasteiger partial charge in [0.1, 0.15) is 0 Å². The molecule has 0 saturated carbocycles. The summed E-state index contributed by atoms with van der Waals surface area (Å²) in [6.07, 6.45) is 5.39. The maximum absolute atomic E-state index is 13.4. The summed E-state index contributed by atoms with van der Waals surface area (Å²) >= 11 is 3.71. The van der Waals surface area contributed by atoms with Crippen LogP contribution in [0, 0.1) is 5.92 Å². The number of allylic oxidation sites excluding steroid dienone is 2. The Labute approximate surface area is 207 Å². The van der Waals surface area contributed by atoms with E-state index in [4.69, 9.17) is 0 Å². The van der Waals surface area contributed by atoms with Crippen molar-refractivity contribution in [3.63, 3.8) is 0 Å². The van der Waals surface area contributed by atoms with Crippen molar-refractivity contribution in [1.29, 1.82) is 0 Å². The smallest absolute Gasteiger partial charge is 0.261 e. The predicted octanol–water partition coefficient (Wildman–Crippen LogP) is 7.23. The molecule has 6 rings (SSSR count). The van der Waals surface area contributed by atoms with Crippen LogP contribution in [0.2, 0.25) is 0 Å². The van der Waals surface area contributed by atoms with Crippen LogP contribution in [0.4, 0.5) is 11.4 Å². The number of benzene rings is 4. The van der Waals surface area contributed by atoms with Crippen LogP contribution in [0.5, 0.6) is 0 Å². The Kier molecular flexibility index (Phi) is 5.23. The largest absolute Gasteiger partial charge is 0.378 e. The predicted molar refractivity (Wildman–Crippen MR) is 142 cm³/mol. The number of hydrogen-bond acceptors (Lipinski definition) is 3. The topological polar surface area (TPSA) is 58.2 Å². The first-order valence-corrected chi connectivity index (χ1v) is 13.6. The van der Waals surface area contributed by atoms with Gasteiger partial charge in [-0.15, -0.1) is 0 Å². The molecule has 3 atom stereocenters. The van der Waals surface area contributed by atoms with E-state index in [9.17, 15) is 8.42 Å². The second kappa shape index (κ2) is 8.29. The number of rotatable bonds is 4. The van der Waals surface area contributed by atoms with Crippen LogP contribution < -0.4 is 10.0 Å². The third-order valence-corrected chi connectivity index (χ3v) is 9.00. The van der Waals surface area contributed by atoms with E-state index in [1.165, 1.54) is 5.56 Å². The number of sulfonamides is 1. The van der Waals surface area contributed by atoms with Gasteiger partial charge in [0.2, 0.25) is 0 Å². The maximum Gasteiger partial charge on any atom is 0.261 e. The molecule has 0 radical (unpaired) electrons.